The number of rotatable bonds is 3. The van der Waals surface area contributed by atoms with Gasteiger partial charge in [0.05, 0.1) is 0 Å². The average Bonchev–Trinajstić information content (AvgIpc) is 2.32. The van der Waals surface area contributed by atoms with Crippen LogP contribution >= 0.6 is 0 Å². The van der Waals surface area contributed by atoms with E-state index in [-0.39, 0.29) is 12.2 Å². The summed E-state index contributed by atoms with van der Waals surface area (Å²) in [7, 11) is 0. The molecule has 0 aliphatic heterocycles. The molecule has 0 aliphatic carbocycles. The molecule has 86 valence electrons. The Balaban J connectivity index is 2.20. The van der Waals surface area contributed by atoms with Gasteiger partial charge in [-0.3, -0.25) is 14.8 Å². The quantitative estimate of drug-likeness (QED) is 0.812. The molecule has 0 spiro atoms. The first-order valence-electron chi connectivity index (χ1n) is 5.32. The maximum atomic E-state index is 12.0. The maximum Gasteiger partial charge on any atom is 0.185 e. The highest BCUT2D eigenvalue weighted by molar-refractivity contribution is 5.96. The Labute approximate surface area is 99.5 Å². The van der Waals surface area contributed by atoms with Crippen molar-refractivity contribution in [2.75, 3.05) is 5.73 Å². The van der Waals surface area contributed by atoms with E-state index in [1.807, 2.05) is 19.1 Å². The lowest BCUT2D eigenvalue weighted by atomic mass is 10.1. The molecule has 0 radical (unpaired) electrons. The van der Waals surface area contributed by atoms with Crippen LogP contribution in [0.15, 0.2) is 36.7 Å². The number of nitrogens with two attached hydrogens (primary N) is 1. The molecule has 0 aromatic carbocycles. The van der Waals surface area contributed by atoms with E-state index in [2.05, 4.69) is 9.97 Å². The molecule has 4 nitrogen and oxygen atoms in total. The third kappa shape index (κ3) is 2.66. The highest BCUT2D eigenvalue weighted by Crippen LogP contribution is 2.12. The smallest absolute Gasteiger partial charge is 0.185 e. The topological polar surface area (TPSA) is 68.9 Å². The lowest BCUT2D eigenvalue weighted by Gasteiger charge is -2.04. The van der Waals surface area contributed by atoms with Crippen LogP contribution in [0.2, 0.25) is 0 Å². The van der Waals surface area contributed by atoms with E-state index in [4.69, 9.17) is 5.73 Å². The standard InChI is InChI=1S/C13H13N3O/c1-9-3-2-4-12(16-9)13(17)7-10-8-15-6-5-11(10)14/h2-6,8H,7H2,1H3,(H2,14,15). The van der Waals surface area contributed by atoms with Crippen molar-refractivity contribution in [3.05, 3.63) is 53.6 Å². The van der Waals surface area contributed by atoms with Crippen LogP contribution in [0.3, 0.4) is 0 Å². The molecule has 2 rings (SSSR count). The molecule has 0 saturated carbocycles. The molecule has 2 aromatic heterocycles. The van der Waals surface area contributed by atoms with Crippen LogP contribution in [0.4, 0.5) is 5.69 Å². The predicted octanol–water partition coefficient (Wildman–Crippen LogP) is 1.79. The number of ketones is 1. The summed E-state index contributed by atoms with van der Waals surface area (Å²) in [5.74, 6) is -0.0478. The second kappa shape index (κ2) is 4.74. The van der Waals surface area contributed by atoms with Gasteiger partial charge in [-0.2, -0.15) is 0 Å². The Hall–Kier alpha value is -2.23. The summed E-state index contributed by atoms with van der Waals surface area (Å²) in [6, 6.07) is 7.07. The number of aromatic nitrogens is 2. The second-order valence-corrected chi connectivity index (χ2v) is 3.84. The van der Waals surface area contributed by atoms with Crippen LogP contribution in [0.5, 0.6) is 0 Å². The van der Waals surface area contributed by atoms with E-state index >= 15 is 0 Å². The first-order valence-corrected chi connectivity index (χ1v) is 5.32. The van der Waals surface area contributed by atoms with E-state index in [0.717, 1.165) is 11.3 Å². The zero-order chi connectivity index (χ0) is 12.3. The Kier molecular flexibility index (Phi) is 3.14. The number of hydrogen-bond donors (Lipinski definition) is 1. The van der Waals surface area contributed by atoms with E-state index in [1.54, 1.807) is 24.5 Å². The molecule has 0 unspecified atom stereocenters. The van der Waals surface area contributed by atoms with Crippen LogP contribution in [0, 0.1) is 6.92 Å². The summed E-state index contributed by atoms with van der Waals surface area (Å²) in [6.45, 7) is 1.86. The Morgan fingerprint density at radius 3 is 2.88 bits per heavy atom. The number of nitrogens with zero attached hydrogens (tertiary/aromatic N) is 2. The fraction of sp³-hybridized carbons (Fsp3) is 0.154. The summed E-state index contributed by atoms with van der Waals surface area (Å²) in [6.07, 6.45) is 3.45. The van der Waals surface area contributed by atoms with Crippen molar-refractivity contribution in [2.24, 2.45) is 0 Å². The molecular formula is C13H13N3O. The van der Waals surface area contributed by atoms with Crippen LogP contribution < -0.4 is 5.73 Å². The molecule has 2 aromatic rings. The minimum absolute atomic E-state index is 0.0478. The first kappa shape index (κ1) is 11.3. The minimum Gasteiger partial charge on any atom is -0.398 e. The Morgan fingerprint density at radius 1 is 1.35 bits per heavy atom. The van der Waals surface area contributed by atoms with E-state index < -0.39 is 0 Å². The molecular weight excluding hydrogens is 214 g/mol. The number of aryl methyl sites for hydroxylation is 1. The normalized spacial score (nSPS) is 10.2. The van der Waals surface area contributed by atoms with Gasteiger partial charge in [-0.25, -0.2) is 0 Å². The van der Waals surface area contributed by atoms with Gasteiger partial charge in [0.1, 0.15) is 5.69 Å². The molecule has 2 N–H and O–H groups in total. The van der Waals surface area contributed by atoms with Crippen molar-refractivity contribution in [2.45, 2.75) is 13.3 Å². The van der Waals surface area contributed by atoms with Crippen molar-refractivity contribution in [3.63, 3.8) is 0 Å². The van der Waals surface area contributed by atoms with Crippen LogP contribution in [-0.2, 0) is 6.42 Å². The fourth-order valence-electron chi connectivity index (χ4n) is 1.55. The molecule has 0 atom stereocenters. The molecule has 0 saturated heterocycles. The second-order valence-electron chi connectivity index (χ2n) is 3.84. The zero-order valence-corrected chi connectivity index (χ0v) is 9.55. The highest BCUT2D eigenvalue weighted by Gasteiger charge is 2.10. The van der Waals surface area contributed by atoms with E-state index in [1.165, 1.54) is 0 Å². The number of nitrogen functional groups attached to an aromatic ring is 1. The maximum absolute atomic E-state index is 12.0. The summed E-state index contributed by atoms with van der Waals surface area (Å²) in [5, 5.41) is 0. The third-order valence-corrected chi connectivity index (χ3v) is 2.47. The average molecular weight is 227 g/mol. The van der Waals surface area contributed by atoms with Crippen molar-refractivity contribution < 1.29 is 4.79 Å². The van der Waals surface area contributed by atoms with Crippen molar-refractivity contribution >= 4 is 11.5 Å². The molecule has 4 heteroatoms. The Morgan fingerprint density at radius 2 is 2.18 bits per heavy atom. The number of Topliss-reactive ketones (excluding diaryl/α,β-unsaturated/α-hetero) is 1. The van der Waals surface area contributed by atoms with Gasteiger partial charge in [0.25, 0.3) is 0 Å². The van der Waals surface area contributed by atoms with Crippen LogP contribution in [0.1, 0.15) is 21.7 Å². The lowest BCUT2D eigenvalue weighted by molar-refractivity contribution is 0.0988. The van der Waals surface area contributed by atoms with Gasteiger partial charge in [-0.1, -0.05) is 6.07 Å². The van der Waals surface area contributed by atoms with Crippen molar-refractivity contribution in [1.29, 1.82) is 0 Å². The van der Waals surface area contributed by atoms with Crippen LogP contribution in [0.25, 0.3) is 0 Å². The molecule has 0 fully saturated rings. The van der Waals surface area contributed by atoms with Crippen molar-refractivity contribution in [3.8, 4) is 0 Å². The number of anilines is 1. The summed E-state index contributed by atoms with van der Waals surface area (Å²) in [4.78, 5) is 20.1. The number of carbonyl (C=O) groups excluding carboxylic acids is 1. The lowest BCUT2D eigenvalue weighted by Crippen LogP contribution is -2.08. The zero-order valence-electron chi connectivity index (χ0n) is 9.55. The number of hydrogen-bond acceptors (Lipinski definition) is 4. The predicted molar refractivity (Wildman–Crippen MR) is 65.7 cm³/mol. The van der Waals surface area contributed by atoms with Gasteiger partial charge < -0.3 is 5.73 Å². The number of pyridine rings is 2. The number of carbonyl (C=O) groups is 1. The first-order chi connectivity index (χ1) is 8.16. The van der Waals surface area contributed by atoms with Gasteiger partial charge in [0.2, 0.25) is 0 Å². The molecule has 0 amide bonds. The Bertz CT molecular complexity index is 552. The monoisotopic (exact) mass is 227 g/mol. The molecule has 2 heterocycles. The SMILES string of the molecule is Cc1cccc(C(=O)Cc2cnccc2N)n1. The van der Waals surface area contributed by atoms with Crippen molar-refractivity contribution in [1.82, 2.24) is 9.97 Å². The molecule has 0 aliphatic rings. The highest BCUT2D eigenvalue weighted by atomic mass is 16.1. The van der Waals surface area contributed by atoms with Gasteiger partial charge in [-0.05, 0) is 25.1 Å². The summed E-state index contributed by atoms with van der Waals surface area (Å²) < 4.78 is 0. The molecule has 0 bridgehead atoms. The van der Waals surface area contributed by atoms with Gasteiger partial charge in [0, 0.05) is 35.8 Å². The molecule has 17 heavy (non-hydrogen) atoms. The fourth-order valence-corrected chi connectivity index (χ4v) is 1.55. The summed E-state index contributed by atoms with van der Waals surface area (Å²) in [5.41, 5.74) is 8.38. The largest absolute Gasteiger partial charge is 0.398 e. The van der Waals surface area contributed by atoms with Gasteiger partial charge in [0.15, 0.2) is 5.78 Å². The van der Waals surface area contributed by atoms with E-state index in [9.17, 15) is 4.79 Å². The summed E-state index contributed by atoms with van der Waals surface area (Å²) >= 11 is 0. The third-order valence-electron chi connectivity index (χ3n) is 2.47. The van der Waals surface area contributed by atoms with E-state index in [0.29, 0.717) is 11.4 Å². The van der Waals surface area contributed by atoms with Gasteiger partial charge in [-0.15, -0.1) is 0 Å². The van der Waals surface area contributed by atoms with Crippen LogP contribution in [-0.4, -0.2) is 15.8 Å². The minimum atomic E-state index is -0.0478. The van der Waals surface area contributed by atoms with Gasteiger partial charge >= 0.3 is 0 Å².